The molecular weight excluding hydrogens is 303 g/mol. The van der Waals surface area contributed by atoms with Gasteiger partial charge in [0.25, 0.3) is 0 Å². The van der Waals surface area contributed by atoms with Crippen LogP contribution in [-0.4, -0.2) is 15.9 Å². The van der Waals surface area contributed by atoms with Gasteiger partial charge in [-0.3, -0.25) is 0 Å². The first-order chi connectivity index (χ1) is 8.09. The molecular formula is C13H14BrClO2. The van der Waals surface area contributed by atoms with Gasteiger partial charge in [-0.1, -0.05) is 40.5 Å². The first-order valence-corrected chi connectivity index (χ1v) is 6.90. The van der Waals surface area contributed by atoms with Gasteiger partial charge in [0.15, 0.2) is 0 Å². The van der Waals surface area contributed by atoms with Crippen LogP contribution in [0.15, 0.2) is 30.3 Å². The second kappa shape index (κ2) is 5.40. The summed E-state index contributed by atoms with van der Waals surface area (Å²) in [6.07, 6.45) is 3.49. The van der Waals surface area contributed by atoms with E-state index in [2.05, 4.69) is 15.9 Å². The Balaban J connectivity index is 2.03. The van der Waals surface area contributed by atoms with Gasteiger partial charge in [0.05, 0.1) is 5.56 Å². The van der Waals surface area contributed by atoms with E-state index in [0.717, 1.165) is 25.7 Å². The lowest BCUT2D eigenvalue weighted by Gasteiger charge is -2.33. The summed E-state index contributed by atoms with van der Waals surface area (Å²) in [4.78, 5) is 11.9. The van der Waals surface area contributed by atoms with Crippen LogP contribution in [0.5, 0.6) is 0 Å². The Hall–Kier alpha value is -0.540. The van der Waals surface area contributed by atoms with Crippen LogP contribution >= 0.6 is 27.5 Å². The maximum atomic E-state index is 11.9. The number of esters is 1. The molecule has 0 aromatic heterocycles. The molecule has 0 amide bonds. The van der Waals surface area contributed by atoms with Gasteiger partial charge in [-0.2, -0.15) is 0 Å². The zero-order chi connectivity index (χ0) is 12.3. The van der Waals surface area contributed by atoms with Crippen molar-refractivity contribution in [3.63, 3.8) is 0 Å². The fourth-order valence-electron chi connectivity index (χ4n) is 1.98. The van der Waals surface area contributed by atoms with E-state index in [-0.39, 0.29) is 12.1 Å². The van der Waals surface area contributed by atoms with E-state index in [0.29, 0.717) is 5.56 Å². The van der Waals surface area contributed by atoms with E-state index in [1.54, 1.807) is 12.1 Å². The highest BCUT2D eigenvalue weighted by Crippen LogP contribution is 2.41. The van der Waals surface area contributed by atoms with Crippen molar-refractivity contribution in [1.29, 1.82) is 0 Å². The molecule has 0 N–H and O–H groups in total. The standard InChI is InChI=1S/C13H14BrClO2/c14-13(15)9-5-4-8-11(13)17-12(16)10-6-2-1-3-7-10/h1-3,6-7,11H,4-5,8-9H2. The minimum atomic E-state index is -0.601. The number of hydrogen-bond donors (Lipinski definition) is 0. The Kier molecular flexibility index (Phi) is 4.10. The highest BCUT2D eigenvalue weighted by molar-refractivity contribution is 9.10. The zero-order valence-electron chi connectivity index (χ0n) is 9.36. The molecule has 1 aromatic rings. The maximum absolute atomic E-state index is 11.9. The summed E-state index contributed by atoms with van der Waals surface area (Å²) in [5.74, 6) is -0.304. The summed E-state index contributed by atoms with van der Waals surface area (Å²) in [6.45, 7) is 0. The largest absolute Gasteiger partial charge is 0.456 e. The van der Waals surface area contributed by atoms with Gasteiger partial charge >= 0.3 is 5.97 Å². The first kappa shape index (κ1) is 12.9. The number of alkyl halides is 2. The summed E-state index contributed by atoms with van der Waals surface area (Å²) >= 11 is 9.76. The van der Waals surface area contributed by atoms with E-state index in [4.69, 9.17) is 16.3 Å². The molecule has 0 heterocycles. The lowest BCUT2D eigenvalue weighted by atomic mass is 9.97. The SMILES string of the molecule is O=C(OC1CCCCC1(Cl)Br)c1ccccc1. The number of halogens is 2. The molecule has 2 rings (SSSR count). The Morgan fingerprint density at radius 1 is 1.35 bits per heavy atom. The predicted molar refractivity (Wildman–Crippen MR) is 71.6 cm³/mol. The molecule has 1 aromatic carbocycles. The molecule has 1 saturated carbocycles. The Morgan fingerprint density at radius 3 is 2.71 bits per heavy atom. The maximum Gasteiger partial charge on any atom is 0.338 e. The molecule has 2 nitrogen and oxygen atoms in total. The average molecular weight is 318 g/mol. The van der Waals surface area contributed by atoms with E-state index in [1.165, 1.54) is 0 Å². The molecule has 1 aliphatic carbocycles. The summed E-state index contributed by atoms with van der Waals surface area (Å²) in [6, 6.07) is 9.00. The molecule has 2 unspecified atom stereocenters. The van der Waals surface area contributed by atoms with Crippen LogP contribution in [-0.2, 0) is 4.74 Å². The van der Waals surface area contributed by atoms with Crippen molar-refractivity contribution in [1.82, 2.24) is 0 Å². The topological polar surface area (TPSA) is 26.3 Å². The van der Waals surface area contributed by atoms with E-state index in [9.17, 15) is 4.79 Å². The van der Waals surface area contributed by atoms with Gasteiger partial charge in [-0.25, -0.2) is 4.79 Å². The van der Waals surface area contributed by atoms with Crippen LogP contribution in [0.4, 0.5) is 0 Å². The van der Waals surface area contributed by atoms with Crippen LogP contribution in [0, 0.1) is 0 Å². The molecule has 2 atom stereocenters. The van der Waals surface area contributed by atoms with Crippen molar-refractivity contribution in [2.24, 2.45) is 0 Å². The molecule has 0 bridgehead atoms. The third-order valence-corrected chi connectivity index (χ3v) is 4.30. The summed E-state index contributed by atoms with van der Waals surface area (Å²) in [5.41, 5.74) is 0.568. The fourth-order valence-corrected chi connectivity index (χ4v) is 2.87. The molecule has 0 radical (unpaired) electrons. The zero-order valence-corrected chi connectivity index (χ0v) is 11.7. The second-order valence-corrected chi connectivity index (χ2v) is 6.81. The normalized spacial score (nSPS) is 28.7. The minimum absolute atomic E-state index is 0.259. The van der Waals surface area contributed by atoms with E-state index < -0.39 is 3.78 Å². The number of carbonyl (C=O) groups is 1. The number of benzene rings is 1. The third kappa shape index (κ3) is 3.23. The number of carbonyl (C=O) groups excluding carboxylic acids is 1. The van der Waals surface area contributed by atoms with Gasteiger partial charge in [-0.15, -0.1) is 11.6 Å². The van der Waals surface area contributed by atoms with Crippen molar-refractivity contribution in [3.8, 4) is 0 Å². The third-order valence-electron chi connectivity index (χ3n) is 2.96. The second-order valence-electron chi connectivity index (χ2n) is 4.27. The Bertz CT molecular complexity index is 392. The van der Waals surface area contributed by atoms with Crippen LogP contribution in [0.2, 0.25) is 0 Å². The van der Waals surface area contributed by atoms with Gasteiger partial charge in [0.1, 0.15) is 9.89 Å². The van der Waals surface area contributed by atoms with Crippen molar-refractivity contribution >= 4 is 33.5 Å². The molecule has 0 aliphatic heterocycles. The molecule has 4 heteroatoms. The lowest BCUT2D eigenvalue weighted by Crippen LogP contribution is -2.38. The molecule has 92 valence electrons. The van der Waals surface area contributed by atoms with Crippen LogP contribution < -0.4 is 0 Å². The highest BCUT2D eigenvalue weighted by atomic mass is 79.9. The first-order valence-electron chi connectivity index (χ1n) is 5.73. The lowest BCUT2D eigenvalue weighted by molar-refractivity contribution is 0.0197. The van der Waals surface area contributed by atoms with Crippen molar-refractivity contribution in [2.75, 3.05) is 0 Å². The molecule has 1 fully saturated rings. The van der Waals surface area contributed by atoms with Gasteiger partial charge in [-0.05, 0) is 31.4 Å². The quantitative estimate of drug-likeness (QED) is 0.606. The monoisotopic (exact) mass is 316 g/mol. The van der Waals surface area contributed by atoms with Crippen LogP contribution in [0.3, 0.4) is 0 Å². The fraction of sp³-hybridized carbons (Fsp3) is 0.462. The van der Waals surface area contributed by atoms with E-state index in [1.807, 2.05) is 18.2 Å². The summed E-state index contributed by atoms with van der Waals surface area (Å²) < 4.78 is 4.87. The number of ether oxygens (including phenoxy) is 1. The molecule has 1 aliphatic rings. The number of rotatable bonds is 2. The van der Waals surface area contributed by atoms with Crippen LogP contribution in [0.1, 0.15) is 36.0 Å². The predicted octanol–water partition coefficient (Wildman–Crippen LogP) is 4.12. The summed E-state index contributed by atoms with van der Waals surface area (Å²) in [5, 5.41) is 0. The Morgan fingerprint density at radius 2 is 2.06 bits per heavy atom. The number of hydrogen-bond acceptors (Lipinski definition) is 2. The van der Waals surface area contributed by atoms with Crippen LogP contribution in [0.25, 0.3) is 0 Å². The molecule has 0 spiro atoms. The minimum Gasteiger partial charge on any atom is -0.456 e. The summed E-state index contributed by atoms with van der Waals surface area (Å²) in [7, 11) is 0. The van der Waals surface area contributed by atoms with Crippen molar-refractivity contribution in [2.45, 2.75) is 35.6 Å². The van der Waals surface area contributed by atoms with Gasteiger partial charge in [0, 0.05) is 0 Å². The Labute approximate surface area is 114 Å². The van der Waals surface area contributed by atoms with E-state index >= 15 is 0 Å². The van der Waals surface area contributed by atoms with Gasteiger partial charge < -0.3 is 4.74 Å². The molecule has 0 saturated heterocycles. The van der Waals surface area contributed by atoms with Gasteiger partial charge in [0.2, 0.25) is 0 Å². The van der Waals surface area contributed by atoms with Crippen molar-refractivity contribution in [3.05, 3.63) is 35.9 Å². The molecule has 17 heavy (non-hydrogen) atoms. The van der Waals surface area contributed by atoms with Crippen molar-refractivity contribution < 1.29 is 9.53 Å². The average Bonchev–Trinajstić information content (AvgIpc) is 2.33. The highest BCUT2D eigenvalue weighted by Gasteiger charge is 2.39. The smallest absolute Gasteiger partial charge is 0.338 e.